The summed E-state index contributed by atoms with van der Waals surface area (Å²) in [6.45, 7) is 0.438. The van der Waals surface area contributed by atoms with Crippen LogP contribution in [0.5, 0.6) is 0 Å². The molecule has 0 saturated carbocycles. The highest BCUT2D eigenvalue weighted by atomic mass is 79.9. The summed E-state index contributed by atoms with van der Waals surface area (Å²) in [6.07, 6.45) is 1.29. The van der Waals surface area contributed by atoms with Crippen molar-refractivity contribution in [3.05, 3.63) is 34.1 Å². The molecule has 1 fully saturated rings. The van der Waals surface area contributed by atoms with Gasteiger partial charge in [-0.3, -0.25) is 4.79 Å². The lowest BCUT2D eigenvalue weighted by molar-refractivity contribution is -0.128. The maximum absolute atomic E-state index is 13.3. The quantitative estimate of drug-likeness (QED) is 0.926. The Hall–Kier alpha value is -0.780. The highest BCUT2D eigenvalue weighted by Crippen LogP contribution is 2.24. The van der Waals surface area contributed by atoms with Gasteiger partial charge < -0.3 is 10.5 Å². The van der Waals surface area contributed by atoms with Crippen molar-refractivity contribution >= 4 is 21.7 Å². The lowest BCUT2D eigenvalue weighted by Gasteiger charge is -2.12. The maximum atomic E-state index is 13.3. The molecule has 0 bridgehead atoms. The fourth-order valence-corrected chi connectivity index (χ4v) is 2.51. The summed E-state index contributed by atoms with van der Waals surface area (Å²) in [7, 11) is 0. The van der Waals surface area contributed by atoms with E-state index in [0.29, 0.717) is 23.0 Å². The molecule has 0 spiro atoms. The van der Waals surface area contributed by atoms with Gasteiger partial charge in [0.25, 0.3) is 0 Å². The van der Waals surface area contributed by atoms with Crippen LogP contribution in [0.1, 0.15) is 18.4 Å². The lowest BCUT2D eigenvalue weighted by Crippen LogP contribution is -2.26. The van der Waals surface area contributed by atoms with Gasteiger partial charge in [-0.25, -0.2) is 4.39 Å². The highest BCUT2D eigenvalue weighted by molar-refractivity contribution is 9.10. The first-order chi connectivity index (χ1) is 8.61. The molecule has 1 aromatic carbocycles. The fraction of sp³-hybridized carbons (Fsp3) is 0.462. The van der Waals surface area contributed by atoms with E-state index in [1.54, 1.807) is 12.1 Å². The number of Topliss-reactive ketones (excluding diaryl/α,β-unsaturated/α-hetero) is 1. The molecule has 0 amide bonds. The van der Waals surface area contributed by atoms with Crippen LogP contribution in [0.25, 0.3) is 0 Å². The van der Waals surface area contributed by atoms with Crippen LogP contribution in [0.4, 0.5) is 4.39 Å². The van der Waals surface area contributed by atoms with Gasteiger partial charge >= 0.3 is 0 Å². The van der Waals surface area contributed by atoms with Crippen molar-refractivity contribution in [2.45, 2.75) is 31.5 Å². The molecule has 18 heavy (non-hydrogen) atoms. The van der Waals surface area contributed by atoms with Gasteiger partial charge in [-0.1, -0.05) is 12.1 Å². The molecular weight excluding hydrogens is 301 g/mol. The SMILES string of the molecule is NCC1CCC(C(=O)Cc2cccc(F)c2Br)O1. The first kappa shape index (κ1) is 13.6. The Balaban J connectivity index is 2.01. The third-order valence-electron chi connectivity index (χ3n) is 3.13. The second-order valence-corrected chi connectivity index (χ2v) is 5.21. The van der Waals surface area contributed by atoms with Crippen LogP contribution in [0, 0.1) is 5.82 Å². The van der Waals surface area contributed by atoms with Crippen LogP contribution in [0.15, 0.2) is 22.7 Å². The number of rotatable bonds is 4. The molecule has 0 aromatic heterocycles. The zero-order valence-corrected chi connectivity index (χ0v) is 11.5. The molecule has 2 N–H and O–H groups in total. The minimum absolute atomic E-state index is 0.0164. The van der Waals surface area contributed by atoms with E-state index < -0.39 is 6.10 Å². The Kier molecular flexibility index (Phi) is 4.48. The zero-order chi connectivity index (χ0) is 13.1. The van der Waals surface area contributed by atoms with E-state index in [2.05, 4.69) is 15.9 Å². The van der Waals surface area contributed by atoms with Crippen molar-refractivity contribution in [3.8, 4) is 0 Å². The van der Waals surface area contributed by atoms with Crippen LogP contribution in [0.3, 0.4) is 0 Å². The van der Waals surface area contributed by atoms with Gasteiger partial charge in [-0.2, -0.15) is 0 Å². The molecule has 3 nitrogen and oxygen atoms in total. The molecular formula is C13H15BrFNO2. The van der Waals surface area contributed by atoms with Gasteiger partial charge in [0.2, 0.25) is 0 Å². The van der Waals surface area contributed by atoms with E-state index in [4.69, 9.17) is 10.5 Å². The Labute approximate surface area is 114 Å². The van der Waals surface area contributed by atoms with Crippen LogP contribution < -0.4 is 5.73 Å². The van der Waals surface area contributed by atoms with Crippen LogP contribution in [0.2, 0.25) is 0 Å². The van der Waals surface area contributed by atoms with E-state index >= 15 is 0 Å². The maximum Gasteiger partial charge on any atom is 0.165 e. The first-order valence-electron chi connectivity index (χ1n) is 5.93. The number of hydrogen-bond donors (Lipinski definition) is 1. The predicted molar refractivity (Wildman–Crippen MR) is 69.8 cm³/mol. The third-order valence-corrected chi connectivity index (χ3v) is 4.01. The second kappa shape index (κ2) is 5.91. The first-order valence-corrected chi connectivity index (χ1v) is 6.72. The van der Waals surface area contributed by atoms with E-state index in [9.17, 15) is 9.18 Å². The number of halogens is 2. The molecule has 2 atom stereocenters. The fourth-order valence-electron chi connectivity index (χ4n) is 2.10. The molecule has 1 saturated heterocycles. The highest BCUT2D eigenvalue weighted by Gasteiger charge is 2.29. The summed E-state index contributed by atoms with van der Waals surface area (Å²) in [4.78, 5) is 12.0. The molecule has 1 aliphatic heterocycles. The summed E-state index contributed by atoms with van der Waals surface area (Å²) in [5.74, 6) is -0.371. The minimum Gasteiger partial charge on any atom is -0.366 e. The summed E-state index contributed by atoms with van der Waals surface area (Å²) < 4.78 is 19.2. The van der Waals surface area contributed by atoms with E-state index in [1.807, 2.05) is 0 Å². The molecule has 2 unspecified atom stereocenters. The summed E-state index contributed by atoms with van der Waals surface area (Å²) in [5.41, 5.74) is 6.15. The number of ketones is 1. The molecule has 1 aromatic rings. The molecule has 5 heteroatoms. The number of ether oxygens (including phenoxy) is 1. The van der Waals surface area contributed by atoms with Crippen molar-refractivity contribution in [1.82, 2.24) is 0 Å². The van der Waals surface area contributed by atoms with E-state index in [-0.39, 0.29) is 24.1 Å². The summed E-state index contributed by atoms with van der Waals surface area (Å²) in [5, 5.41) is 0. The molecule has 98 valence electrons. The topological polar surface area (TPSA) is 52.3 Å². The van der Waals surface area contributed by atoms with Crippen molar-refractivity contribution < 1.29 is 13.9 Å². The number of nitrogens with two attached hydrogens (primary N) is 1. The van der Waals surface area contributed by atoms with Gasteiger partial charge in [0, 0.05) is 13.0 Å². The molecule has 0 aliphatic carbocycles. The van der Waals surface area contributed by atoms with E-state index in [0.717, 1.165) is 6.42 Å². The van der Waals surface area contributed by atoms with Crippen LogP contribution in [-0.4, -0.2) is 24.5 Å². The molecule has 1 heterocycles. The minimum atomic E-state index is -0.395. The van der Waals surface area contributed by atoms with Crippen molar-refractivity contribution in [3.63, 3.8) is 0 Å². The standard InChI is InChI=1S/C13H15BrFNO2/c14-13-8(2-1-3-10(13)15)6-11(17)12-5-4-9(7-16)18-12/h1-3,9,12H,4-7,16H2. The number of carbonyl (C=O) groups is 1. The molecule has 0 radical (unpaired) electrons. The largest absolute Gasteiger partial charge is 0.366 e. The van der Waals surface area contributed by atoms with Crippen molar-refractivity contribution in [1.29, 1.82) is 0 Å². The van der Waals surface area contributed by atoms with Crippen molar-refractivity contribution in [2.24, 2.45) is 5.73 Å². The average molecular weight is 316 g/mol. The van der Waals surface area contributed by atoms with Gasteiger partial charge in [0.05, 0.1) is 10.6 Å². The number of carbonyl (C=O) groups excluding carboxylic acids is 1. The number of hydrogen-bond acceptors (Lipinski definition) is 3. The summed E-state index contributed by atoms with van der Waals surface area (Å²) >= 11 is 3.15. The van der Waals surface area contributed by atoms with Gasteiger partial charge in [-0.15, -0.1) is 0 Å². The zero-order valence-electron chi connectivity index (χ0n) is 9.86. The monoisotopic (exact) mass is 315 g/mol. The predicted octanol–water partition coefficient (Wildman–Crippen LogP) is 2.21. The summed E-state index contributed by atoms with van der Waals surface area (Å²) in [6, 6.07) is 4.69. The number of benzene rings is 1. The average Bonchev–Trinajstić information content (AvgIpc) is 2.83. The molecule has 2 rings (SSSR count). The van der Waals surface area contributed by atoms with Gasteiger partial charge in [-0.05, 0) is 40.4 Å². The lowest BCUT2D eigenvalue weighted by atomic mass is 10.0. The second-order valence-electron chi connectivity index (χ2n) is 4.42. The Morgan fingerprint density at radius 1 is 1.50 bits per heavy atom. The Bertz CT molecular complexity index is 453. The van der Waals surface area contributed by atoms with Gasteiger partial charge in [0.1, 0.15) is 11.9 Å². The third kappa shape index (κ3) is 2.96. The van der Waals surface area contributed by atoms with Crippen molar-refractivity contribution in [2.75, 3.05) is 6.54 Å². The van der Waals surface area contributed by atoms with E-state index in [1.165, 1.54) is 6.07 Å². The normalized spacial score (nSPS) is 23.3. The Morgan fingerprint density at radius 3 is 2.94 bits per heavy atom. The van der Waals surface area contributed by atoms with Gasteiger partial charge in [0.15, 0.2) is 5.78 Å². The van der Waals surface area contributed by atoms with Crippen LogP contribution in [-0.2, 0) is 16.0 Å². The smallest absolute Gasteiger partial charge is 0.165 e. The van der Waals surface area contributed by atoms with Crippen LogP contribution >= 0.6 is 15.9 Å². The Morgan fingerprint density at radius 2 is 2.28 bits per heavy atom. The molecule has 1 aliphatic rings.